The van der Waals surface area contributed by atoms with E-state index in [0.717, 1.165) is 51.5 Å². The number of nitrogens with one attached hydrogen (secondary N) is 1. The van der Waals surface area contributed by atoms with E-state index in [-0.39, 0.29) is 12.3 Å². The average molecular weight is 320 g/mol. The number of nitrogens with zero attached hydrogens (tertiary/aromatic N) is 2. The molecule has 0 unspecified atom stereocenters. The molecule has 1 aliphatic rings. The van der Waals surface area contributed by atoms with Gasteiger partial charge in [-0.2, -0.15) is 0 Å². The molecule has 1 fully saturated rings. The average Bonchev–Trinajstić information content (AvgIpc) is 2.44. The van der Waals surface area contributed by atoms with Crippen molar-refractivity contribution in [1.82, 2.24) is 10.2 Å². The molecule has 0 radical (unpaired) electrons. The molecule has 0 saturated carbocycles. The van der Waals surface area contributed by atoms with E-state index in [0.29, 0.717) is 5.92 Å². The first kappa shape index (κ1) is 18.2. The molecule has 0 atom stereocenters. The van der Waals surface area contributed by atoms with E-state index in [4.69, 9.17) is 9.88 Å². The number of sulfonamides is 1. The number of guanidine groups is 1. The third-order valence-corrected chi connectivity index (χ3v) is 4.30. The van der Waals surface area contributed by atoms with Crippen molar-refractivity contribution in [3.05, 3.63) is 0 Å². The van der Waals surface area contributed by atoms with E-state index in [1.54, 1.807) is 0 Å². The summed E-state index contributed by atoms with van der Waals surface area (Å²) in [5, 5.41) is 8.16. The van der Waals surface area contributed by atoms with Crippen LogP contribution in [0.2, 0.25) is 0 Å². The second-order valence-corrected chi connectivity index (χ2v) is 7.10. The van der Waals surface area contributed by atoms with Gasteiger partial charge in [0.15, 0.2) is 5.96 Å². The summed E-state index contributed by atoms with van der Waals surface area (Å²) in [6.45, 7) is 5.53. The Morgan fingerprint density at radius 3 is 2.67 bits per heavy atom. The van der Waals surface area contributed by atoms with Crippen LogP contribution in [-0.2, 0) is 14.8 Å². The lowest BCUT2D eigenvalue weighted by Crippen LogP contribution is -2.40. The number of hydrogen-bond acceptors (Lipinski definition) is 4. The first-order chi connectivity index (χ1) is 9.92. The molecule has 0 aromatic rings. The van der Waals surface area contributed by atoms with Gasteiger partial charge in [0.2, 0.25) is 10.0 Å². The SMILES string of the molecule is CCNC(=NCCS(N)(=O)=O)N(C)CCC1CCOCC1. The van der Waals surface area contributed by atoms with Crippen molar-refractivity contribution in [3.8, 4) is 0 Å². The van der Waals surface area contributed by atoms with Crippen LogP contribution in [0.1, 0.15) is 26.2 Å². The topological polar surface area (TPSA) is 97.0 Å². The van der Waals surface area contributed by atoms with Gasteiger partial charge in [0.25, 0.3) is 0 Å². The molecule has 124 valence electrons. The maximum atomic E-state index is 10.9. The minimum Gasteiger partial charge on any atom is -0.381 e. The highest BCUT2D eigenvalue weighted by atomic mass is 32.2. The number of nitrogens with two attached hydrogens (primary N) is 1. The first-order valence-corrected chi connectivity index (χ1v) is 9.21. The van der Waals surface area contributed by atoms with Gasteiger partial charge in [-0.1, -0.05) is 0 Å². The van der Waals surface area contributed by atoms with E-state index < -0.39 is 10.0 Å². The molecular weight excluding hydrogens is 292 g/mol. The van der Waals surface area contributed by atoms with Gasteiger partial charge < -0.3 is 15.0 Å². The summed E-state index contributed by atoms with van der Waals surface area (Å²) in [6, 6.07) is 0. The van der Waals surface area contributed by atoms with E-state index in [1.165, 1.54) is 0 Å². The fourth-order valence-corrected chi connectivity index (χ4v) is 2.61. The van der Waals surface area contributed by atoms with Gasteiger partial charge in [-0.25, -0.2) is 13.6 Å². The second kappa shape index (κ2) is 9.22. The van der Waals surface area contributed by atoms with E-state index >= 15 is 0 Å². The van der Waals surface area contributed by atoms with E-state index in [2.05, 4.69) is 10.3 Å². The minimum atomic E-state index is -3.46. The molecule has 0 aromatic carbocycles. The van der Waals surface area contributed by atoms with Crippen molar-refractivity contribution in [2.75, 3.05) is 45.6 Å². The van der Waals surface area contributed by atoms with Gasteiger partial charge in [0.05, 0.1) is 12.3 Å². The highest BCUT2D eigenvalue weighted by molar-refractivity contribution is 7.89. The zero-order chi connectivity index (χ0) is 15.7. The van der Waals surface area contributed by atoms with Crippen LogP contribution in [0.4, 0.5) is 0 Å². The summed E-state index contributed by atoms with van der Waals surface area (Å²) >= 11 is 0. The van der Waals surface area contributed by atoms with Crippen LogP contribution in [0.15, 0.2) is 4.99 Å². The van der Waals surface area contributed by atoms with Crippen molar-refractivity contribution in [2.24, 2.45) is 16.0 Å². The van der Waals surface area contributed by atoms with Crippen LogP contribution in [0.3, 0.4) is 0 Å². The normalized spacial score (nSPS) is 17.8. The van der Waals surface area contributed by atoms with Crippen LogP contribution in [0, 0.1) is 5.92 Å². The van der Waals surface area contributed by atoms with Crippen molar-refractivity contribution in [2.45, 2.75) is 26.2 Å². The molecule has 21 heavy (non-hydrogen) atoms. The number of primary sulfonamides is 1. The summed E-state index contributed by atoms with van der Waals surface area (Å²) < 4.78 is 27.2. The van der Waals surface area contributed by atoms with Crippen molar-refractivity contribution >= 4 is 16.0 Å². The predicted octanol–water partition coefficient (Wildman–Crippen LogP) is -0.0111. The summed E-state index contributed by atoms with van der Waals surface area (Å²) in [6.07, 6.45) is 3.33. The monoisotopic (exact) mass is 320 g/mol. The number of hydrogen-bond donors (Lipinski definition) is 2. The molecule has 0 amide bonds. The molecule has 7 nitrogen and oxygen atoms in total. The second-order valence-electron chi connectivity index (χ2n) is 5.37. The standard InChI is InChI=1S/C13H28N4O3S/c1-3-15-13(16-7-11-21(14,18)19)17(2)8-4-12-5-9-20-10-6-12/h12H,3-11H2,1-2H3,(H,15,16)(H2,14,18,19). The summed E-state index contributed by atoms with van der Waals surface area (Å²) in [5.41, 5.74) is 0. The summed E-state index contributed by atoms with van der Waals surface area (Å²) in [7, 11) is -1.49. The number of rotatable bonds is 7. The molecule has 0 aliphatic carbocycles. The maximum Gasteiger partial charge on any atom is 0.210 e. The molecule has 0 bridgehead atoms. The molecule has 1 heterocycles. The molecule has 1 saturated heterocycles. The molecule has 8 heteroatoms. The van der Waals surface area contributed by atoms with Crippen molar-refractivity contribution in [3.63, 3.8) is 0 Å². The lowest BCUT2D eigenvalue weighted by molar-refractivity contribution is 0.0625. The Morgan fingerprint density at radius 1 is 1.43 bits per heavy atom. The van der Waals surface area contributed by atoms with Crippen molar-refractivity contribution < 1.29 is 13.2 Å². The highest BCUT2D eigenvalue weighted by Crippen LogP contribution is 2.18. The van der Waals surface area contributed by atoms with Gasteiger partial charge in [0, 0.05) is 33.4 Å². The lowest BCUT2D eigenvalue weighted by atomic mass is 9.96. The van der Waals surface area contributed by atoms with Crippen LogP contribution >= 0.6 is 0 Å². The zero-order valence-electron chi connectivity index (χ0n) is 13.0. The molecular formula is C13H28N4O3S. The van der Waals surface area contributed by atoms with Crippen LogP contribution in [0.5, 0.6) is 0 Å². The minimum absolute atomic E-state index is 0.129. The van der Waals surface area contributed by atoms with Gasteiger partial charge in [-0.05, 0) is 32.1 Å². The fraction of sp³-hybridized carbons (Fsp3) is 0.923. The largest absolute Gasteiger partial charge is 0.381 e. The number of aliphatic imine (C=N–C) groups is 1. The Hall–Kier alpha value is -0.860. The molecule has 1 rings (SSSR count). The van der Waals surface area contributed by atoms with Crippen LogP contribution in [0.25, 0.3) is 0 Å². The third-order valence-electron chi connectivity index (χ3n) is 3.55. The Morgan fingerprint density at radius 2 is 2.10 bits per heavy atom. The fourth-order valence-electron chi connectivity index (χ4n) is 2.27. The highest BCUT2D eigenvalue weighted by Gasteiger charge is 2.15. The third kappa shape index (κ3) is 8.23. The smallest absolute Gasteiger partial charge is 0.210 e. The van der Waals surface area contributed by atoms with E-state index in [9.17, 15) is 8.42 Å². The van der Waals surface area contributed by atoms with Crippen LogP contribution < -0.4 is 10.5 Å². The van der Waals surface area contributed by atoms with Gasteiger partial charge >= 0.3 is 0 Å². The first-order valence-electron chi connectivity index (χ1n) is 7.50. The molecule has 0 aromatic heterocycles. The quantitative estimate of drug-likeness (QED) is 0.508. The summed E-state index contributed by atoms with van der Waals surface area (Å²) in [5.74, 6) is 1.30. The zero-order valence-corrected chi connectivity index (χ0v) is 13.9. The van der Waals surface area contributed by atoms with E-state index in [1.807, 2.05) is 18.9 Å². The molecule has 3 N–H and O–H groups in total. The summed E-state index contributed by atoms with van der Waals surface area (Å²) in [4.78, 5) is 6.35. The van der Waals surface area contributed by atoms with Gasteiger partial charge in [-0.15, -0.1) is 0 Å². The number of ether oxygens (including phenoxy) is 1. The lowest BCUT2D eigenvalue weighted by Gasteiger charge is -2.26. The van der Waals surface area contributed by atoms with Gasteiger partial charge in [0.1, 0.15) is 0 Å². The molecule has 0 spiro atoms. The van der Waals surface area contributed by atoms with Gasteiger partial charge in [-0.3, -0.25) is 4.99 Å². The Bertz CT molecular complexity index is 419. The molecule has 1 aliphatic heterocycles. The Balaban J connectivity index is 2.43. The predicted molar refractivity (Wildman–Crippen MR) is 84.7 cm³/mol. The maximum absolute atomic E-state index is 10.9. The van der Waals surface area contributed by atoms with Crippen molar-refractivity contribution in [1.29, 1.82) is 0 Å². The Labute approximate surface area is 128 Å². The van der Waals surface area contributed by atoms with Crippen LogP contribution in [-0.4, -0.2) is 64.9 Å². The Kier molecular flexibility index (Phi) is 7.98.